The lowest BCUT2D eigenvalue weighted by atomic mass is 10.1. The number of hydrogen-bond donors (Lipinski definition) is 5. The molecule has 11 nitrogen and oxygen atoms in total. The molecular formula is C31H33N7O4. The van der Waals surface area contributed by atoms with Crippen LogP contribution in [0.4, 0.5) is 33.5 Å². The number of unbranched alkanes of at least 4 members (excludes halogenated alkanes) is 3. The number of carbonyl (C=O) groups excluding carboxylic acids is 3. The molecule has 0 atom stereocenters. The summed E-state index contributed by atoms with van der Waals surface area (Å²) in [5, 5.41) is 16.8. The van der Waals surface area contributed by atoms with Gasteiger partial charge in [0.15, 0.2) is 0 Å². The number of urea groups is 1. The second-order valence-corrected chi connectivity index (χ2v) is 9.39. The fourth-order valence-corrected chi connectivity index (χ4v) is 4.16. The Morgan fingerprint density at radius 3 is 1.86 bits per heavy atom. The molecule has 0 saturated carbocycles. The number of nitrogens with one attached hydrogen (secondary N) is 4. The summed E-state index contributed by atoms with van der Waals surface area (Å²) < 4.78 is 0. The number of carbonyl (C=O) groups is 3. The maximum absolute atomic E-state index is 12.6. The molecule has 4 amide bonds. The average Bonchev–Trinajstić information content (AvgIpc) is 3.02. The zero-order valence-electron chi connectivity index (χ0n) is 23.0. The molecule has 0 spiro atoms. The van der Waals surface area contributed by atoms with E-state index in [0.29, 0.717) is 35.9 Å². The van der Waals surface area contributed by atoms with Crippen LogP contribution in [0.2, 0.25) is 0 Å². The Balaban J connectivity index is 1.25. The number of hydrogen-bond acceptors (Lipinski definition) is 7. The van der Waals surface area contributed by atoms with Crippen molar-refractivity contribution in [2.45, 2.75) is 32.1 Å². The van der Waals surface area contributed by atoms with E-state index in [4.69, 9.17) is 5.21 Å². The van der Waals surface area contributed by atoms with E-state index in [9.17, 15) is 14.4 Å². The van der Waals surface area contributed by atoms with Crippen LogP contribution in [0.15, 0.2) is 97.3 Å². The molecule has 216 valence electrons. The Labute approximate surface area is 244 Å². The van der Waals surface area contributed by atoms with Crippen LogP contribution in [0, 0.1) is 0 Å². The molecule has 5 N–H and O–H groups in total. The van der Waals surface area contributed by atoms with E-state index in [1.165, 1.54) is 0 Å². The summed E-state index contributed by atoms with van der Waals surface area (Å²) in [6, 6.07) is 25.7. The van der Waals surface area contributed by atoms with Crippen LogP contribution < -0.4 is 26.3 Å². The standard InChI is InChI=1S/C31H33N7O4/c39-28(37-42)15-9-1-2-10-20-32-29(40)23-16-18-24(19-17-23)35-31(41)36-25-21-33-30(34-22-25)38(26-11-5-3-6-12-26)27-13-7-4-8-14-27/h3-8,11-14,16-19,21-22,42H,1-2,9-10,15,20H2,(H,32,40)(H,37,39)(H2,35,36,41). The Morgan fingerprint density at radius 2 is 1.26 bits per heavy atom. The van der Waals surface area contributed by atoms with E-state index in [2.05, 4.69) is 25.9 Å². The lowest BCUT2D eigenvalue weighted by Crippen LogP contribution is -2.24. The Kier molecular flexibility index (Phi) is 10.9. The number of nitrogens with zero attached hydrogens (tertiary/aromatic N) is 3. The zero-order chi connectivity index (χ0) is 29.6. The van der Waals surface area contributed by atoms with Gasteiger partial charge in [0.1, 0.15) is 0 Å². The summed E-state index contributed by atoms with van der Waals surface area (Å²) in [5.74, 6) is -0.140. The predicted octanol–water partition coefficient (Wildman–Crippen LogP) is 5.78. The molecule has 42 heavy (non-hydrogen) atoms. The molecule has 4 rings (SSSR count). The smallest absolute Gasteiger partial charge is 0.323 e. The van der Waals surface area contributed by atoms with E-state index < -0.39 is 11.9 Å². The average molecular weight is 568 g/mol. The molecule has 1 aromatic heterocycles. The van der Waals surface area contributed by atoms with Gasteiger partial charge in [-0.05, 0) is 61.4 Å². The number of para-hydroxylation sites is 2. The van der Waals surface area contributed by atoms with Gasteiger partial charge in [-0.15, -0.1) is 0 Å². The molecule has 0 radical (unpaired) electrons. The van der Waals surface area contributed by atoms with Crippen LogP contribution in [0.1, 0.15) is 42.5 Å². The summed E-state index contributed by atoms with van der Waals surface area (Å²) >= 11 is 0. The van der Waals surface area contributed by atoms with Gasteiger partial charge in [-0.3, -0.25) is 19.7 Å². The van der Waals surface area contributed by atoms with Crippen molar-refractivity contribution >= 4 is 46.5 Å². The highest BCUT2D eigenvalue weighted by Crippen LogP contribution is 2.31. The first-order valence-electron chi connectivity index (χ1n) is 13.6. The molecule has 11 heteroatoms. The van der Waals surface area contributed by atoms with Gasteiger partial charge < -0.3 is 16.0 Å². The van der Waals surface area contributed by atoms with Gasteiger partial charge in [0.05, 0.1) is 18.1 Å². The topological polar surface area (TPSA) is 149 Å². The molecule has 0 unspecified atom stereocenters. The van der Waals surface area contributed by atoms with E-state index >= 15 is 0 Å². The number of amides is 4. The Morgan fingerprint density at radius 1 is 0.690 bits per heavy atom. The van der Waals surface area contributed by atoms with Gasteiger partial charge in [-0.25, -0.2) is 20.2 Å². The fraction of sp³-hybridized carbons (Fsp3) is 0.194. The van der Waals surface area contributed by atoms with Crippen molar-refractivity contribution in [3.8, 4) is 0 Å². The second-order valence-electron chi connectivity index (χ2n) is 9.39. The molecule has 0 aliphatic heterocycles. The Bertz CT molecular complexity index is 1390. The summed E-state index contributed by atoms with van der Waals surface area (Å²) in [6.45, 7) is 0.517. The van der Waals surface area contributed by atoms with E-state index in [1.54, 1.807) is 42.1 Å². The minimum absolute atomic E-state index is 0.206. The predicted molar refractivity (Wildman–Crippen MR) is 161 cm³/mol. The van der Waals surface area contributed by atoms with Gasteiger partial charge in [-0.2, -0.15) is 0 Å². The molecule has 3 aromatic carbocycles. The number of anilines is 5. The van der Waals surface area contributed by atoms with E-state index in [-0.39, 0.29) is 12.3 Å². The van der Waals surface area contributed by atoms with Crippen molar-refractivity contribution in [1.82, 2.24) is 20.8 Å². The van der Waals surface area contributed by atoms with E-state index in [1.807, 2.05) is 65.6 Å². The SMILES string of the molecule is O=C(CCCCCCNC(=O)c1ccc(NC(=O)Nc2cnc(N(c3ccccc3)c3ccccc3)nc2)cc1)NO. The molecule has 0 aliphatic carbocycles. The molecule has 0 fully saturated rings. The van der Waals surface area contributed by atoms with Gasteiger partial charge in [0.25, 0.3) is 5.91 Å². The first-order valence-corrected chi connectivity index (χ1v) is 13.6. The largest absolute Gasteiger partial charge is 0.352 e. The Hall–Kier alpha value is -5.29. The number of aromatic nitrogens is 2. The van der Waals surface area contributed by atoms with Crippen LogP contribution in [-0.4, -0.2) is 39.6 Å². The number of benzene rings is 3. The maximum Gasteiger partial charge on any atom is 0.323 e. The quantitative estimate of drug-likeness (QED) is 0.0782. The van der Waals surface area contributed by atoms with Crippen LogP contribution in [-0.2, 0) is 4.79 Å². The molecule has 0 aliphatic rings. The normalized spacial score (nSPS) is 10.4. The van der Waals surface area contributed by atoms with Crippen molar-refractivity contribution in [2.75, 3.05) is 22.1 Å². The third-order valence-corrected chi connectivity index (χ3v) is 6.27. The minimum Gasteiger partial charge on any atom is -0.352 e. The highest BCUT2D eigenvalue weighted by atomic mass is 16.5. The van der Waals surface area contributed by atoms with Crippen molar-refractivity contribution < 1.29 is 19.6 Å². The van der Waals surface area contributed by atoms with Gasteiger partial charge in [-0.1, -0.05) is 49.2 Å². The van der Waals surface area contributed by atoms with Crippen molar-refractivity contribution in [2.24, 2.45) is 0 Å². The fourth-order valence-electron chi connectivity index (χ4n) is 4.16. The van der Waals surface area contributed by atoms with Crippen molar-refractivity contribution in [1.29, 1.82) is 0 Å². The first kappa shape index (κ1) is 29.7. The van der Waals surface area contributed by atoms with Crippen LogP contribution in [0.3, 0.4) is 0 Å². The summed E-state index contributed by atoms with van der Waals surface area (Å²) in [4.78, 5) is 46.8. The molecular weight excluding hydrogens is 534 g/mol. The minimum atomic E-state index is -0.469. The third kappa shape index (κ3) is 8.86. The highest BCUT2D eigenvalue weighted by molar-refractivity contribution is 6.00. The lowest BCUT2D eigenvalue weighted by Gasteiger charge is -2.23. The second kappa shape index (κ2) is 15.5. The number of rotatable bonds is 13. The third-order valence-electron chi connectivity index (χ3n) is 6.27. The molecule has 0 bridgehead atoms. The van der Waals surface area contributed by atoms with E-state index in [0.717, 1.165) is 30.6 Å². The van der Waals surface area contributed by atoms with Crippen LogP contribution in [0.25, 0.3) is 0 Å². The van der Waals surface area contributed by atoms with Crippen molar-refractivity contribution in [3.63, 3.8) is 0 Å². The van der Waals surface area contributed by atoms with Crippen LogP contribution in [0.5, 0.6) is 0 Å². The highest BCUT2D eigenvalue weighted by Gasteiger charge is 2.15. The lowest BCUT2D eigenvalue weighted by molar-refractivity contribution is -0.129. The molecule has 4 aromatic rings. The maximum atomic E-state index is 12.6. The molecule has 1 heterocycles. The number of hydroxylamine groups is 1. The molecule has 0 saturated heterocycles. The summed E-state index contributed by atoms with van der Waals surface area (Å²) in [7, 11) is 0. The van der Waals surface area contributed by atoms with Crippen LogP contribution >= 0.6 is 0 Å². The first-order chi connectivity index (χ1) is 20.5. The van der Waals surface area contributed by atoms with Gasteiger partial charge in [0, 0.05) is 35.6 Å². The van der Waals surface area contributed by atoms with Gasteiger partial charge >= 0.3 is 6.03 Å². The van der Waals surface area contributed by atoms with Gasteiger partial charge in [0.2, 0.25) is 11.9 Å². The summed E-state index contributed by atoms with van der Waals surface area (Å²) in [6.07, 6.45) is 6.53. The van der Waals surface area contributed by atoms with Crippen molar-refractivity contribution in [3.05, 3.63) is 103 Å². The zero-order valence-corrected chi connectivity index (χ0v) is 23.0. The summed E-state index contributed by atoms with van der Waals surface area (Å²) in [5.41, 5.74) is 4.84. The monoisotopic (exact) mass is 567 g/mol.